The third-order valence-electron chi connectivity index (χ3n) is 4.54. The van der Waals surface area contributed by atoms with Gasteiger partial charge in [0.15, 0.2) is 0 Å². The molecule has 2 unspecified atom stereocenters. The minimum absolute atomic E-state index is 0. The topological polar surface area (TPSA) is 50.4 Å². The van der Waals surface area contributed by atoms with E-state index in [1.165, 1.54) is 11.1 Å². The molecule has 1 amide bonds. The number of halogens is 1. The molecule has 2 saturated heterocycles. The van der Waals surface area contributed by atoms with E-state index in [9.17, 15) is 4.79 Å². The summed E-state index contributed by atoms with van der Waals surface area (Å²) in [5, 5.41) is 6.24. The van der Waals surface area contributed by atoms with Crippen LogP contribution >= 0.6 is 12.4 Å². The average Bonchev–Trinajstić information content (AvgIpc) is 2.44. The van der Waals surface area contributed by atoms with Crippen molar-refractivity contribution < 1.29 is 9.53 Å². The van der Waals surface area contributed by atoms with E-state index in [0.717, 1.165) is 32.5 Å². The molecule has 22 heavy (non-hydrogen) atoms. The Morgan fingerprint density at radius 1 is 1.32 bits per heavy atom. The highest BCUT2D eigenvalue weighted by molar-refractivity contribution is 5.85. The van der Waals surface area contributed by atoms with E-state index in [4.69, 9.17) is 4.74 Å². The number of hydrogen-bond donors (Lipinski definition) is 2. The first kappa shape index (κ1) is 17.3. The van der Waals surface area contributed by atoms with Crippen molar-refractivity contribution in [3.63, 3.8) is 0 Å². The maximum Gasteiger partial charge on any atom is 0.225 e. The van der Waals surface area contributed by atoms with Gasteiger partial charge < -0.3 is 15.4 Å². The number of aryl methyl sites for hydroxylation is 1. The quantitative estimate of drug-likeness (QED) is 0.893. The molecule has 4 nitrogen and oxygen atoms in total. The molecule has 2 heterocycles. The number of rotatable bonds is 4. The number of carbonyl (C=O) groups is 1. The second kappa shape index (κ2) is 7.95. The van der Waals surface area contributed by atoms with Gasteiger partial charge in [0.05, 0.1) is 12.0 Å². The highest BCUT2D eigenvalue weighted by atomic mass is 35.5. The monoisotopic (exact) mass is 324 g/mol. The van der Waals surface area contributed by atoms with E-state index in [1.807, 2.05) is 0 Å². The maximum absolute atomic E-state index is 12.0. The molecule has 2 fully saturated rings. The fraction of sp³-hybridized carbons (Fsp3) is 0.588. The summed E-state index contributed by atoms with van der Waals surface area (Å²) in [6.45, 7) is 5.25. The largest absolute Gasteiger partial charge is 0.373 e. The van der Waals surface area contributed by atoms with Crippen LogP contribution in [-0.2, 0) is 9.53 Å². The highest BCUT2D eigenvalue weighted by Gasteiger charge is 2.30. The molecule has 0 spiro atoms. The van der Waals surface area contributed by atoms with Crippen LogP contribution in [0.1, 0.15) is 30.1 Å². The van der Waals surface area contributed by atoms with Crippen molar-refractivity contribution in [3.05, 3.63) is 35.4 Å². The molecular weight excluding hydrogens is 300 g/mol. The third-order valence-corrected chi connectivity index (χ3v) is 4.54. The number of carbonyl (C=O) groups excluding carboxylic acids is 1. The van der Waals surface area contributed by atoms with E-state index in [-0.39, 0.29) is 30.3 Å². The molecule has 5 heteroatoms. The van der Waals surface area contributed by atoms with E-state index in [1.54, 1.807) is 0 Å². The lowest BCUT2D eigenvalue weighted by Gasteiger charge is -2.33. The standard InChI is InChI=1S/C17H24N2O2.ClH/c1-12-4-6-13(7-5-12)16-14(3-2-8-21-16)11-19-17(20)15-9-18-10-15;/h4-7,14-16,18H,2-3,8-11H2,1H3,(H,19,20);1H. The molecule has 0 radical (unpaired) electrons. The highest BCUT2D eigenvalue weighted by Crippen LogP contribution is 2.33. The summed E-state index contributed by atoms with van der Waals surface area (Å²) in [6.07, 6.45) is 2.30. The molecular formula is C17H25ClN2O2. The van der Waals surface area contributed by atoms with Crippen LogP contribution in [-0.4, -0.2) is 32.1 Å². The van der Waals surface area contributed by atoms with Crippen LogP contribution in [0.4, 0.5) is 0 Å². The molecule has 1 aromatic carbocycles. The summed E-state index contributed by atoms with van der Waals surface area (Å²) >= 11 is 0. The Morgan fingerprint density at radius 2 is 2.05 bits per heavy atom. The molecule has 0 saturated carbocycles. The van der Waals surface area contributed by atoms with Crippen molar-refractivity contribution in [3.8, 4) is 0 Å². The number of nitrogens with one attached hydrogen (secondary N) is 2. The zero-order valence-electron chi connectivity index (χ0n) is 13.0. The Kier molecular flexibility index (Phi) is 6.24. The SMILES string of the molecule is Cc1ccc(C2OCCCC2CNC(=O)C2CNC2)cc1.Cl. The molecule has 2 aliphatic rings. The molecule has 0 aromatic heterocycles. The Hall–Kier alpha value is -1.10. The summed E-state index contributed by atoms with van der Waals surface area (Å²) in [4.78, 5) is 12.0. The van der Waals surface area contributed by atoms with Crippen LogP contribution in [0.25, 0.3) is 0 Å². The molecule has 1 aromatic rings. The Labute approximate surface area is 138 Å². The Bertz CT molecular complexity index is 488. The summed E-state index contributed by atoms with van der Waals surface area (Å²) < 4.78 is 5.99. The molecule has 3 rings (SSSR count). The van der Waals surface area contributed by atoms with Gasteiger partial charge in [-0.25, -0.2) is 0 Å². The lowest BCUT2D eigenvalue weighted by molar-refractivity contribution is -0.127. The first-order valence-corrected chi connectivity index (χ1v) is 7.90. The van der Waals surface area contributed by atoms with Crippen molar-refractivity contribution in [2.24, 2.45) is 11.8 Å². The summed E-state index contributed by atoms with van der Waals surface area (Å²) in [5.74, 6) is 0.716. The Morgan fingerprint density at radius 3 is 2.68 bits per heavy atom. The van der Waals surface area contributed by atoms with Crippen molar-refractivity contribution in [2.45, 2.75) is 25.9 Å². The smallest absolute Gasteiger partial charge is 0.225 e. The van der Waals surface area contributed by atoms with Gasteiger partial charge in [-0.05, 0) is 25.3 Å². The van der Waals surface area contributed by atoms with Gasteiger partial charge in [-0.1, -0.05) is 29.8 Å². The number of ether oxygens (including phenoxy) is 1. The number of amides is 1. The minimum atomic E-state index is 0. The van der Waals surface area contributed by atoms with E-state index >= 15 is 0 Å². The molecule has 0 bridgehead atoms. The average molecular weight is 325 g/mol. The van der Waals surface area contributed by atoms with Crippen LogP contribution in [0.5, 0.6) is 0 Å². The van der Waals surface area contributed by atoms with Crippen molar-refractivity contribution >= 4 is 18.3 Å². The molecule has 2 N–H and O–H groups in total. The van der Waals surface area contributed by atoms with E-state index in [0.29, 0.717) is 12.5 Å². The van der Waals surface area contributed by atoms with Crippen LogP contribution in [0, 0.1) is 18.8 Å². The molecule has 2 aliphatic heterocycles. The van der Waals surface area contributed by atoms with Crippen LogP contribution in [0.3, 0.4) is 0 Å². The van der Waals surface area contributed by atoms with Gasteiger partial charge in [0, 0.05) is 32.2 Å². The second-order valence-corrected chi connectivity index (χ2v) is 6.20. The van der Waals surface area contributed by atoms with Gasteiger partial charge in [-0.2, -0.15) is 0 Å². The molecule has 2 atom stereocenters. The summed E-state index contributed by atoms with van der Waals surface area (Å²) in [6, 6.07) is 8.55. The van der Waals surface area contributed by atoms with E-state index < -0.39 is 0 Å². The first-order valence-electron chi connectivity index (χ1n) is 7.90. The predicted molar refractivity (Wildman–Crippen MR) is 89.2 cm³/mol. The second-order valence-electron chi connectivity index (χ2n) is 6.20. The predicted octanol–water partition coefficient (Wildman–Crippen LogP) is 2.22. The Balaban J connectivity index is 0.00000176. The normalized spacial score (nSPS) is 25.0. The summed E-state index contributed by atoms with van der Waals surface area (Å²) in [7, 11) is 0. The zero-order chi connectivity index (χ0) is 14.7. The zero-order valence-corrected chi connectivity index (χ0v) is 13.8. The number of benzene rings is 1. The van der Waals surface area contributed by atoms with Gasteiger partial charge in [-0.3, -0.25) is 4.79 Å². The van der Waals surface area contributed by atoms with Crippen molar-refractivity contribution in [1.82, 2.24) is 10.6 Å². The lowest BCUT2D eigenvalue weighted by Crippen LogP contribution is -2.51. The maximum atomic E-state index is 12.0. The van der Waals surface area contributed by atoms with Crippen LogP contribution < -0.4 is 10.6 Å². The van der Waals surface area contributed by atoms with Gasteiger partial charge in [-0.15, -0.1) is 12.4 Å². The van der Waals surface area contributed by atoms with Gasteiger partial charge in [0.2, 0.25) is 5.91 Å². The van der Waals surface area contributed by atoms with Gasteiger partial charge >= 0.3 is 0 Å². The van der Waals surface area contributed by atoms with Crippen LogP contribution in [0.15, 0.2) is 24.3 Å². The number of hydrogen-bond acceptors (Lipinski definition) is 3. The fourth-order valence-corrected chi connectivity index (χ4v) is 3.03. The van der Waals surface area contributed by atoms with Gasteiger partial charge in [0.25, 0.3) is 0 Å². The van der Waals surface area contributed by atoms with Crippen LogP contribution in [0.2, 0.25) is 0 Å². The minimum Gasteiger partial charge on any atom is -0.373 e. The first-order chi connectivity index (χ1) is 10.2. The van der Waals surface area contributed by atoms with Gasteiger partial charge in [0.1, 0.15) is 0 Å². The van der Waals surface area contributed by atoms with E-state index in [2.05, 4.69) is 41.8 Å². The molecule has 122 valence electrons. The summed E-state index contributed by atoms with van der Waals surface area (Å²) in [5.41, 5.74) is 2.49. The molecule has 0 aliphatic carbocycles. The fourth-order valence-electron chi connectivity index (χ4n) is 3.03. The van der Waals surface area contributed by atoms with Crippen molar-refractivity contribution in [1.29, 1.82) is 0 Å². The third kappa shape index (κ3) is 4.00. The van der Waals surface area contributed by atoms with Crippen molar-refractivity contribution in [2.75, 3.05) is 26.2 Å². The lowest BCUT2D eigenvalue weighted by atomic mass is 9.89.